The molecule has 3 nitrogen and oxygen atoms in total. The number of hydrogen-bond donors (Lipinski definition) is 0. The molecular weight excluding hydrogens is 132 g/mol. The van der Waals surface area contributed by atoms with Crippen LogP contribution >= 0.6 is 0 Å². The Hall–Kier alpha value is -0.830. The lowest BCUT2D eigenvalue weighted by Crippen LogP contribution is -2.09. The van der Waals surface area contributed by atoms with Crippen LogP contribution in [0.5, 0.6) is 0 Å². The van der Waals surface area contributed by atoms with E-state index in [4.69, 9.17) is 9.47 Å². The van der Waals surface area contributed by atoms with E-state index in [2.05, 4.69) is 0 Å². The Bertz CT molecular complexity index is 131. The molecule has 3 heteroatoms. The molecule has 0 bridgehead atoms. The summed E-state index contributed by atoms with van der Waals surface area (Å²) in [5, 5.41) is 0. The first-order valence-corrected chi connectivity index (χ1v) is 3.27. The van der Waals surface area contributed by atoms with Gasteiger partial charge in [0.15, 0.2) is 0 Å². The number of carbonyl (C=O) groups is 1. The predicted molar refractivity (Wildman–Crippen MR) is 35.5 cm³/mol. The lowest BCUT2D eigenvalue weighted by Gasteiger charge is -2.06. The summed E-state index contributed by atoms with van der Waals surface area (Å²) in [5.41, 5.74) is 0. The summed E-state index contributed by atoms with van der Waals surface area (Å²) < 4.78 is 9.80. The molecule has 1 atom stereocenters. The van der Waals surface area contributed by atoms with Crippen LogP contribution in [0.4, 0.5) is 0 Å². The van der Waals surface area contributed by atoms with E-state index >= 15 is 0 Å². The molecule has 0 N–H and O–H groups in total. The highest BCUT2D eigenvalue weighted by Gasteiger charge is 2.06. The Kier molecular flexibility index (Phi) is 2.96. The molecule has 0 fully saturated rings. The average Bonchev–Trinajstić information content (AvgIpc) is 2.17. The van der Waals surface area contributed by atoms with Gasteiger partial charge < -0.3 is 9.47 Å². The zero-order valence-electron chi connectivity index (χ0n) is 5.66. The maximum absolute atomic E-state index is 9.89. The Morgan fingerprint density at radius 1 is 1.70 bits per heavy atom. The number of carbonyl (C=O) groups excluding carboxylic acids is 1. The predicted octanol–water partition coefficient (Wildman–Crippen LogP) is 0.504. The molecule has 0 unspecified atom stereocenters. The van der Waals surface area contributed by atoms with Crippen LogP contribution < -0.4 is 0 Å². The second-order valence-corrected chi connectivity index (χ2v) is 2.06. The average molecular weight is 142 g/mol. The molecule has 0 spiro atoms. The summed E-state index contributed by atoms with van der Waals surface area (Å²) in [5.74, 6) is 0. The normalized spacial score (nSPS) is 25.4. The smallest absolute Gasteiger partial charge is 0.293 e. The summed E-state index contributed by atoms with van der Waals surface area (Å²) >= 11 is 0. The zero-order valence-corrected chi connectivity index (χ0v) is 5.66. The molecule has 1 rings (SSSR count). The van der Waals surface area contributed by atoms with E-state index in [1.807, 2.05) is 12.2 Å². The Labute approximate surface area is 59.6 Å². The number of ether oxygens (including phenoxy) is 2. The highest BCUT2D eigenvalue weighted by molar-refractivity contribution is 5.38. The van der Waals surface area contributed by atoms with Crippen LogP contribution in [0, 0.1) is 0 Å². The van der Waals surface area contributed by atoms with Crippen LogP contribution in [0.3, 0.4) is 0 Å². The molecule has 0 amide bonds. The van der Waals surface area contributed by atoms with E-state index in [1.165, 1.54) is 0 Å². The van der Waals surface area contributed by atoms with Crippen molar-refractivity contribution >= 4 is 6.47 Å². The maximum Gasteiger partial charge on any atom is 0.293 e. The largest absolute Gasteiger partial charge is 0.460 e. The van der Waals surface area contributed by atoms with Crippen molar-refractivity contribution in [2.75, 3.05) is 13.2 Å². The SMILES string of the molecule is O=CO[C@H]1C=CCOCC1. The van der Waals surface area contributed by atoms with Gasteiger partial charge in [0, 0.05) is 6.42 Å². The maximum atomic E-state index is 9.89. The molecule has 0 aromatic rings. The van der Waals surface area contributed by atoms with E-state index < -0.39 is 0 Å². The second kappa shape index (κ2) is 4.06. The second-order valence-electron chi connectivity index (χ2n) is 2.06. The van der Waals surface area contributed by atoms with Gasteiger partial charge in [-0.25, -0.2) is 0 Å². The van der Waals surface area contributed by atoms with Crippen molar-refractivity contribution in [3.05, 3.63) is 12.2 Å². The van der Waals surface area contributed by atoms with Gasteiger partial charge in [-0.05, 0) is 6.08 Å². The van der Waals surface area contributed by atoms with Crippen LogP contribution in [0.2, 0.25) is 0 Å². The summed E-state index contributed by atoms with van der Waals surface area (Å²) in [4.78, 5) is 9.89. The lowest BCUT2D eigenvalue weighted by atomic mass is 10.2. The topological polar surface area (TPSA) is 35.5 Å². The van der Waals surface area contributed by atoms with Gasteiger partial charge in [-0.2, -0.15) is 0 Å². The van der Waals surface area contributed by atoms with E-state index in [0.29, 0.717) is 19.7 Å². The first-order valence-electron chi connectivity index (χ1n) is 3.27. The first kappa shape index (κ1) is 7.28. The van der Waals surface area contributed by atoms with Gasteiger partial charge in [-0.3, -0.25) is 4.79 Å². The molecule has 0 aromatic heterocycles. The first-order chi connectivity index (χ1) is 4.93. The monoisotopic (exact) mass is 142 g/mol. The van der Waals surface area contributed by atoms with Gasteiger partial charge in [0.05, 0.1) is 13.2 Å². The van der Waals surface area contributed by atoms with Crippen LogP contribution in [-0.2, 0) is 14.3 Å². The van der Waals surface area contributed by atoms with Crippen molar-refractivity contribution in [3.63, 3.8) is 0 Å². The van der Waals surface area contributed by atoms with E-state index in [0.717, 1.165) is 6.42 Å². The molecule has 56 valence electrons. The third-order valence-electron chi connectivity index (χ3n) is 1.34. The fraction of sp³-hybridized carbons (Fsp3) is 0.571. The molecule has 10 heavy (non-hydrogen) atoms. The minimum atomic E-state index is -0.0833. The third kappa shape index (κ3) is 2.19. The molecule has 0 aromatic carbocycles. The molecule has 0 radical (unpaired) electrons. The van der Waals surface area contributed by atoms with Gasteiger partial charge in [-0.15, -0.1) is 0 Å². The Balaban J connectivity index is 2.33. The lowest BCUT2D eigenvalue weighted by molar-refractivity contribution is -0.132. The summed E-state index contributed by atoms with van der Waals surface area (Å²) in [7, 11) is 0. The van der Waals surface area contributed by atoms with Gasteiger partial charge >= 0.3 is 0 Å². The van der Waals surface area contributed by atoms with Gasteiger partial charge in [-0.1, -0.05) is 6.08 Å². The van der Waals surface area contributed by atoms with E-state index in [9.17, 15) is 4.79 Å². The van der Waals surface area contributed by atoms with Crippen molar-refractivity contribution in [3.8, 4) is 0 Å². The molecule has 0 saturated carbocycles. The van der Waals surface area contributed by atoms with Crippen LogP contribution in [0.25, 0.3) is 0 Å². The molecule has 1 heterocycles. The molecule has 1 aliphatic rings. The summed E-state index contributed by atoms with van der Waals surface area (Å²) in [6.45, 7) is 1.75. The fourth-order valence-corrected chi connectivity index (χ4v) is 0.839. The molecular formula is C7H10O3. The fourth-order valence-electron chi connectivity index (χ4n) is 0.839. The van der Waals surface area contributed by atoms with Gasteiger partial charge in [0.25, 0.3) is 6.47 Å². The Morgan fingerprint density at radius 2 is 2.60 bits per heavy atom. The van der Waals surface area contributed by atoms with Crippen molar-refractivity contribution < 1.29 is 14.3 Å². The quantitative estimate of drug-likeness (QED) is 0.416. The van der Waals surface area contributed by atoms with Gasteiger partial charge in [0.2, 0.25) is 0 Å². The summed E-state index contributed by atoms with van der Waals surface area (Å²) in [6, 6.07) is 0. The standard InChI is InChI=1S/C7H10O3/c8-6-10-7-2-1-4-9-5-3-7/h1-2,6-7H,3-5H2/t7-/m0/s1. The van der Waals surface area contributed by atoms with Crippen LogP contribution in [0.1, 0.15) is 6.42 Å². The van der Waals surface area contributed by atoms with Crippen LogP contribution in [-0.4, -0.2) is 25.8 Å². The van der Waals surface area contributed by atoms with Crippen molar-refractivity contribution in [1.29, 1.82) is 0 Å². The Morgan fingerprint density at radius 3 is 3.40 bits per heavy atom. The third-order valence-corrected chi connectivity index (χ3v) is 1.34. The van der Waals surface area contributed by atoms with Crippen molar-refractivity contribution in [2.24, 2.45) is 0 Å². The highest BCUT2D eigenvalue weighted by Crippen LogP contribution is 2.03. The number of rotatable bonds is 2. The van der Waals surface area contributed by atoms with Gasteiger partial charge in [0.1, 0.15) is 6.10 Å². The molecule has 0 aliphatic carbocycles. The minimum Gasteiger partial charge on any atom is -0.460 e. The highest BCUT2D eigenvalue weighted by atomic mass is 16.5. The number of hydrogen-bond acceptors (Lipinski definition) is 3. The van der Waals surface area contributed by atoms with E-state index in [-0.39, 0.29) is 6.10 Å². The summed E-state index contributed by atoms with van der Waals surface area (Å²) in [6.07, 6.45) is 4.39. The molecule has 1 aliphatic heterocycles. The van der Waals surface area contributed by atoms with Crippen molar-refractivity contribution in [1.82, 2.24) is 0 Å². The van der Waals surface area contributed by atoms with Crippen molar-refractivity contribution in [2.45, 2.75) is 12.5 Å². The van der Waals surface area contributed by atoms with E-state index in [1.54, 1.807) is 0 Å². The molecule has 0 saturated heterocycles. The zero-order chi connectivity index (χ0) is 7.23. The minimum absolute atomic E-state index is 0.0833. The van der Waals surface area contributed by atoms with Crippen LogP contribution in [0.15, 0.2) is 12.2 Å².